The maximum absolute atomic E-state index is 8.83. The van der Waals surface area contributed by atoms with Crippen LogP contribution in [0.4, 0.5) is 17.3 Å². The summed E-state index contributed by atoms with van der Waals surface area (Å²) in [6.45, 7) is 2.92. The number of anilines is 3. The van der Waals surface area contributed by atoms with Crippen LogP contribution in [0.2, 0.25) is 0 Å². The molecule has 1 fully saturated rings. The number of aryl methyl sites for hydroxylation is 1. The first-order valence-corrected chi connectivity index (χ1v) is 9.02. The Morgan fingerprint density at radius 2 is 2.18 bits per heavy atom. The molecule has 4 rings (SSSR count). The number of nitriles is 1. The van der Waals surface area contributed by atoms with Crippen LogP contribution >= 0.6 is 0 Å². The number of rotatable bonds is 6. The Morgan fingerprint density at radius 3 is 2.86 bits per heavy atom. The second-order valence-electron chi connectivity index (χ2n) is 6.66. The highest BCUT2D eigenvalue weighted by atomic mass is 15.2. The van der Waals surface area contributed by atoms with Crippen molar-refractivity contribution in [1.29, 1.82) is 5.26 Å². The van der Waals surface area contributed by atoms with Gasteiger partial charge in [-0.1, -0.05) is 0 Å². The van der Waals surface area contributed by atoms with Gasteiger partial charge in [0.2, 0.25) is 0 Å². The van der Waals surface area contributed by atoms with Crippen LogP contribution in [0.15, 0.2) is 30.9 Å². The zero-order valence-corrected chi connectivity index (χ0v) is 15.4. The molecule has 0 saturated carbocycles. The summed E-state index contributed by atoms with van der Waals surface area (Å²) in [7, 11) is 1.87. The first-order chi connectivity index (χ1) is 13.7. The fourth-order valence-electron chi connectivity index (χ4n) is 3.07. The van der Waals surface area contributed by atoms with Gasteiger partial charge in [0.15, 0.2) is 11.5 Å². The summed E-state index contributed by atoms with van der Waals surface area (Å²) in [5.74, 6) is 1.61. The number of hydrogen-bond donors (Lipinski definition) is 3. The van der Waals surface area contributed by atoms with E-state index in [1.54, 1.807) is 10.9 Å². The lowest BCUT2D eigenvalue weighted by molar-refractivity contribution is 0.615. The number of aromatic nitrogens is 6. The van der Waals surface area contributed by atoms with Gasteiger partial charge in [0, 0.05) is 31.4 Å². The first-order valence-electron chi connectivity index (χ1n) is 9.02. The molecule has 3 aromatic heterocycles. The van der Waals surface area contributed by atoms with Gasteiger partial charge in [-0.05, 0) is 25.4 Å². The average Bonchev–Trinajstić information content (AvgIpc) is 3.39. The summed E-state index contributed by atoms with van der Waals surface area (Å²) in [5.41, 5.74) is 2.78. The predicted octanol–water partition coefficient (Wildman–Crippen LogP) is 1.30. The maximum atomic E-state index is 8.83. The predicted molar refractivity (Wildman–Crippen MR) is 104 cm³/mol. The molecule has 3 aromatic rings. The molecule has 0 spiro atoms. The Hall–Kier alpha value is -3.58. The van der Waals surface area contributed by atoms with Crippen molar-refractivity contribution in [3.63, 3.8) is 0 Å². The first kappa shape index (κ1) is 17.8. The third kappa shape index (κ3) is 4.05. The Balaban J connectivity index is 1.58. The molecule has 0 aromatic carbocycles. The lowest BCUT2D eigenvalue weighted by Crippen LogP contribution is -2.18. The molecular weight excluding hydrogens is 356 g/mol. The smallest absolute Gasteiger partial charge is 0.158 e. The second kappa shape index (κ2) is 7.98. The summed E-state index contributed by atoms with van der Waals surface area (Å²) < 4.78 is 1.74. The third-order valence-electron chi connectivity index (χ3n) is 4.54. The summed E-state index contributed by atoms with van der Waals surface area (Å²) in [6, 6.07) is 3.85. The summed E-state index contributed by atoms with van der Waals surface area (Å²) in [6.07, 6.45) is 7.73. The molecule has 10 heteroatoms. The molecule has 1 aliphatic rings. The van der Waals surface area contributed by atoms with Crippen molar-refractivity contribution in [2.24, 2.45) is 13.0 Å². The summed E-state index contributed by atoms with van der Waals surface area (Å²) >= 11 is 0. The molecular formula is C18H20N10. The molecule has 0 amide bonds. The van der Waals surface area contributed by atoms with Crippen molar-refractivity contribution in [2.75, 3.05) is 30.3 Å². The van der Waals surface area contributed by atoms with Crippen molar-refractivity contribution in [1.82, 2.24) is 35.3 Å². The molecule has 10 nitrogen and oxygen atoms in total. The molecule has 0 radical (unpaired) electrons. The van der Waals surface area contributed by atoms with E-state index in [0.29, 0.717) is 17.6 Å². The van der Waals surface area contributed by atoms with Gasteiger partial charge in [0.1, 0.15) is 17.6 Å². The van der Waals surface area contributed by atoms with Crippen LogP contribution in [0.3, 0.4) is 0 Å². The highest BCUT2D eigenvalue weighted by molar-refractivity contribution is 5.75. The zero-order chi connectivity index (χ0) is 19.3. The average molecular weight is 376 g/mol. The van der Waals surface area contributed by atoms with E-state index in [1.807, 2.05) is 25.4 Å². The van der Waals surface area contributed by atoms with Crippen molar-refractivity contribution < 1.29 is 0 Å². The van der Waals surface area contributed by atoms with E-state index in [4.69, 9.17) is 5.26 Å². The topological polar surface area (TPSA) is 129 Å². The van der Waals surface area contributed by atoms with Crippen LogP contribution < -0.4 is 16.0 Å². The molecule has 4 heterocycles. The minimum Gasteiger partial charge on any atom is -0.383 e. The minimum atomic E-state index is 0.260. The Labute approximate surface area is 162 Å². The van der Waals surface area contributed by atoms with E-state index in [1.165, 1.54) is 12.4 Å². The van der Waals surface area contributed by atoms with Gasteiger partial charge in [-0.25, -0.2) is 9.97 Å². The number of hydrogen-bond acceptors (Lipinski definition) is 9. The fraction of sp³-hybridized carbons (Fsp3) is 0.333. The van der Waals surface area contributed by atoms with E-state index < -0.39 is 0 Å². The van der Waals surface area contributed by atoms with Crippen LogP contribution in [0.5, 0.6) is 0 Å². The molecule has 0 bridgehead atoms. The standard InChI is InChI=1S/C18H20N10/c1-28-11-13(8-24-28)18-15(22-7-12-2-3-20-6-12)4-16(26-27-18)25-17-10-21-14(5-19)9-23-17/h4,8-12,20H,2-3,6-7H2,1H3,(H2,22,23,25,26). The van der Waals surface area contributed by atoms with E-state index in [2.05, 4.69) is 41.2 Å². The van der Waals surface area contributed by atoms with E-state index >= 15 is 0 Å². The Bertz CT molecular complexity index is 982. The van der Waals surface area contributed by atoms with Crippen LogP contribution in [0, 0.1) is 17.2 Å². The summed E-state index contributed by atoms with van der Waals surface area (Å²) in [4.78, 5) is 8.17. The van der Waals surface area contributed by atoms with E-state index in [0.717, 1.165) is 43.0 Å². The van der Waals surface area contributed by atoms with Crippen molar-refractivity contribution >= 4 is 17.3 Å². The van der Waals surface area contributed by atoms with Crippen molar-refractivity contribution in [3.05, 3.63) is 36.5 Å². The molecule has 1 aliphatic heterocycles. The van der Waals surface area contributed by atoms with E-state index in [9.17, 15) is 0 Å². The normalized spacial score (nSPS) is 15.9. The van der Waals surface area contributed by atoms with Gasteiger partial charge >= 0.3 is 0 Å². The minimum absolute atomic E-state index is 0.260. The van der Waals surface area contributed by atoms with Gasteiger partial charge in [0.05, 0.1) is 24.3 Å². The third-order valence-corrected chi connectivity index (χ3v) is 4.54. The monoisotopic (exact) mass is 376 g/mol. The summed E-state index contributed by atoms with van der Waals surface area (Å²) in [5, 5.41) is 31.7. The van der Waals surface area contributed by atoms with Crippen LogP contribution in [0.25, 0.3) is 11.3 Å². The quantitative estimate of drug-likeness (QED) is 0.583. The lowest BCUT2D eigenvalue weighted by Gasteiger charge is -2.14. The van der Waals surface area contributed by atoms with Gasteiger partial charge in [0.25, 0.3) is 0 Å². The molecule has 1 atom stereocenters. The van der Waals surface area contributed by atoms with Gasteiger partial charge < -0.3 is 16.0 Å². The highest BCUT2D eigenvalue weighted by Crippen LogP contribution is 2.28. The van der Waals surface area contributed by atoms with Gasteiger partial charge in [-0.3, -0.25) is 4.68 Å². The second-order valence-corrected chi connectivity index (χ2v) is 6.66. The van der Waals surface area contributed by atoms with Crippen molar-refractivity contribution in [3.8, 4) is 17.3 Å². The molecule has 3 N–H and O–H groups in total. The molecule has 142 valence electrons. The Kier molecular flexibility index (Phi) is 5.07. The Morgan fingerprint density at radius 1 is 1.25 bits per heavy atom. The van der Waals surface area contributed by atoms with Gasteiger partial charge in [-0.15, -0.1) is 10.2 Å². The largest absolute Gasteiger partial charge is 0.383 e. The molecule has 1 unspecified atom stereocenters. The molecule has 28 heavy (non-hydrogen) atoms. The van der Waals surface area contributed by atoms with E-state index in [-0.39, 0.29) is 5.69 Å². The number of nitrogens with one attached hydrogen (secondary N) is 3. The van der Waals surface area contributed by atoms with Crippen LogP contribution in [-0.2, 0) is 7.05 Å². The highest BCUT2D eigenvalue weighted by Gasteiger charge is 2.17. The maximum Gasteiger partial charge on any atom is 0.158 e. The lowest BCUT2D eigenvalue weighted by atomic mass is 10.1. The SMILES string of the molecule is Cn1cc(-c2nnc(Nc3cnc(C#N)cn3)cc2NCC2CCNC2)cn1. The van der Waals surface area contributed by atoms with Crippen LogP contribution in [-0.4, -0.2) is 49.6 Å². The molecule has 0 aliphatic carbocycles. The van der Waals surface area contributed by atoms with Gasteiger partial charge in [-0.2, -0.15) is 10.4 Å². The number of nitrogens with zero attached hydrogens (tertiary/aromatic N) is 7. The fourth-order valence-corrected chi connectivity index (χ4v) is 3.07. The van der Waals surface area contributed by atoms with Crippen LogP contribution in [0.1, 0.15) is 12.1 Å². The zero-order valence-electron chi connectivity index (χ0n) is 15.4. The molecule has 1 saturated heterocycles. The van der Waals surface area contributed by atoms with Crippen molar-refractivity contribution in [2.45, 2.75) is 6.42 Å².